The van der Waals surface area contributed by atoms with Crippen molar-refractivity contribution in [1.82, 2.24) is 15.6 Å². The number of thioether (sulfide) groups is 1. The number of nitrogens with zero attached hydrogens (tertiary/aromatic N) is 2. The molecule has 3 aromatic rings. The van der Waals surface area contributed by atoms with Crippen LogP contribution in [0.25, 0.3) is 10.8 Å². The normalized spacial score (nSPS) is 12.3. The van der Waals surface area contributed by atoms with E-state index >= 15 is 0 Å². The first-order chi connectivity index (χ1) is 12.7. The Morgan fingerprint density at radius 2 is 2.04 bits per heavy atom. The summed E-state index contributed by atoms with van der Waals surface area (Å²) >= 11 is 3.46. The molecular weight excluding hydrogens is 491 g/mol. The van der Waals surface area contributed by atoms with Crippen LogP contribution in [0.1, 0.15) is 12.6 Å². The molecule has 2 aromatic heterocycles. The molecule has 8 heteroatoms. The van der Waals surface area contributed by atoms with Crippen molar-refractivity contribution in [3.8, 4) is 10.8 Å². The molecule has 5 nitrogen and oxygen atoms in total. The standard InChI is InChI=1S/C19H22N4OS2.HI/c1-14(26-16-7-4-3-5-8-16)11-21-19(20-2)22-12-15-13-24-18(23-15)17-9-6-10-25-17;/h3-10,13-14H,11-12H2,1-2H3,(H2,20,21,22);1H. The smallest absolute Gasteiger partial charge is 0.236 e. The molecule has 3 rings (SSSR count). The van der Waals surface area contributed by atoms with Gasteiger partial charge in [0.2, 0.25) is 5.89 Å². The molecule has 0 bridgehead atoms. The number of oxazole rings is 1. The Morgan fingerprint density at radius 1 is 1.22 bits per heavy atom. The lowest BCUT2D eigenvalue weighted by Gasteiger charge is -2.15. The maximum atomic E-state index is 5.54. The van der Waals surface area contributed by atoms with Gasteiger partial charge in [-0.05, 0) is 23.6 Å². The SMILES string of the molecule is CN=C(NCc1coc(-c2cccs2)n1)NCC(C)Sc1ccccc1.I. The van der Waals surface area contributed by atoms with Crippen LogP contribution in [0, 0.1) is 0 Å². The van der Waals surface area contributed by atoms with Crippen molar-refractivity contribution in [3.05, 3.63) is 59.8 Å². The van der Waals surface area contributed by atoms with E-state index in [0.29, 0.717) is 17.7 Å². The van der Waals surface area contributed by atoms with E-state index in [1.54, 1.807) is 24.6 Å². The van der Waals surface area contributed by atoms with Crippen molar-refractivity contribution in [3.63, 3.8) is 0 Å². The average molecular weight is 514 g/mol. The maximum absolute atomic E-state index is 5.54. The highest BCUT2D eigenvalue weighted by Gasteiger charge is 2.09. The maximum Gasteiger partial charge on any atom is 0.236 e. The van der Waals surface area contributed by atoms with E-state index in [1.807, 2.05) is 35.3 Å². The number of halogens is 1. The van der Waals surface area contributed by atoms with Crippen LogP contribution in [0.2, 0.25) is 0 Å². The van der Waals surface area contributed by atoms with Gasteiger partial charge >= 0.3 is 0 Å². The van der Waals surface area contributed by atoms with Gasteiger partial charge in [0.1, 0.15) is 6.26 Å². The fraction of sp³-hybridized carbons (Fsp3) is 0.263. The summed E-state index contributed by atoms with van der Waals surface area (Å²) in [5, 5.41) is 9.07. The van der Waals surface area contributed by atoms with Gasteiger partial charge in [0.25, 0.3) is 0 Å². The third-order valence-corrected chi connectivity index (χ3v) is 5.55. The van der Waals surface area contributed by atoms with Crippen LogP contribution in [0.5, 0.6) is 0 Å². The molecule has 0 saturated heterocycles. The lowest BCUT2D eigenvalue weighted by molar-refractivity contribution is 0.573. The second-order valence-corrected chi connectivity index (χ2v) is 8.13. The van der Waals surface area contributed by atoms with Crippen molar-refractivity contribution < 1.29 is 4.42 Å². The second kappa shape index (κ2) is 11.4. The van der Waals surface area contributed by atoms with Gasteiger partial charge in [-0.25, -0.2) is 4.98 Å². The number of aliphatic imine (C=N–C) groups is 1. The monoisotopic (exact) mass is 514 g/mol. The van der Waals surface area contributed by atoms with Gasteiger partial charge in [-0.1, -0.05) is 31.2 Å². The van der Waals surface area contributed by atoms with Crippen molar-refractivity contribution in [2.24, 2.45) is 4.99 Å². The molecule has 0 aliphatic rings. The zero-order valence-electron chi connectivity index (χ0n) is 15.2. The van der Waals surface area contributed by atoms with Crippen LogP contribution in [-0.4, -0.2) is 29.8 Å². The van der Waals surface area contributed by atoms with Crippen LogP contribution in [-0.2, 0) is 6.54 Å². The summed E-state index contributed by atoms with van der Waals surface area (Å²) in [6.07, 6.45) is 1.68. The zero-order valence-corrected chi connectivity index (χ0v) is 19.2. The van der Waals surface area contributed by atoms with Crippen LogP contribution >= 0.6 is 47.1 Å². The number of benzene rings is 1. The van der Waals surface area contributed by atoms with Crippen molar-refractivity contribution >= 4 is 53.0 Å². The van der Waals surface area contributed by atoms with Crippen LogP contribution in [0.15, 0.2) is 68.4 Å². The van der Waals surface area contributed by atoms with Gasteiger partial charge in [-0.3, -0.25) is 4.99 Å². The molecule has 0 amide bonds. The van der Waals surface area contributed by atoms with Gasteiger partial charge in [0, 0.05) is 23.7 Å². The molecule has 0 aliphatic heterocycles. The minimum atomic E-state index is 0. The first-order valence-corrected chi connectivity index (χ1v) is 10.1. The third kappa shape index (κ3) is 6.86. The molecular formula is C19H23IN4OS2. The van der Waals surface area contributed by atoms with Crippen LogP contribution in [0.4, 0.5) is 0 Å². The average Bonchev–Trinajstić information content (AvgIpc) is 3.34. The fourth-order valence-corrected chi connectivity index (χ4v) is 3.91. The van der Waals surface area contributed by atoms with E-state index in [-0.39, 0.29) is 24.0 Å². The quantitative estimate of drug-likeness (QED) is 0.204. The van der Waals surface area contributed by atoms with Crippen LogP contribution < -0.4 is 10.6 Å². The van der Waals surface area contributed by atoms with E-state index in [2.05, 4.69) is 51.8 Å². The Kier molecular flexibility index (Phi) is 9.16. The van der Waals surface area contributed by atoms with E-state index < -0.39 is 0 Å². The van der Waals surface area contributed by atoms with Gasteiger partial charge < -0.3 is 15.1 Å². The first kappa shape index (κ1) is 21.8. The summed E-state index contributed by atoms with van der Waals surface area (Å²) in [4.78, 5) is 11.1. The highest BCUT2D eigenvalue weighted by molar-refractivity contribution is 14.0. The Hall–Kier alpha value is -1.52. The molecule has 2 N–H and O–H groups in total. The molecule has 27 heavy (non-hydrogen) atoms. The van der Waals surface area contributed by atoms with E-state index in [4.69, 9.17) is 4.42 Å². The van der Waals surface area contributed by atoms with Gasteiger partial charge in [0.15, 0.2) is 5.96 Å². The van der Waals surface area contributed by atoms with Gasteiger partial charge in [-0.15, -0.1) is 47.1 Å². The fourth-order valence-electron chi connectivity index (χ4n) is 2.31. The van der Waals surface area contributed by atoms with Crippen molar-refractivity contribution in [1.29, 1.82) is 0 Å². The number of aromatic nitrogens is 1. The predicted octanol–water partition coefficient (Wildman–Crippen LogP) is 4.87. The van der Waals surface area contributed by atoms with Gasteiger partial charge in [-0.2, -0.15) is 0 Å². The molecule has 1 unspecified atom stereocenters. The van der Waals surface area contributed by atoms with Gasteiger partial charge in [0.05, 0.1) is 17.1 Å². The molecule has 1 aromatic carbocycles. The molecule has 1 atom stereocenters. The lowest BCUT2D eigenvalue weighted by Crippen LogP contribution is -2.39. The highest BCUT2D eigenvalue weighted by Crippen LogP contribution is 2.23. The van der Waals surface area contributed by atoms with E-state index in [0.717, 1.165) is 23.1 Å². The van der Waals surface area contributed by atoms with Crippen molar-refractivity contribution in [2.45, 2.75) is 23.6 Å². The second-order valence-electron chi connectivity index (χ2n) is 5.67. The number of hydrogen-bond donors (Lipinski definition) is 2. The summed E-state index contributed by atoms with van der Waals surface area (Å²) in [5.74, 6) is 1.42. The molecule has 2 heterocycles. The number of nitrogens with one attached hydrogen (secondary N) is 2. The summed E-state index contributed by atoms with van der Waals surface area (Å²) in [7, 11) is 1.77. The minimum Gasteiger partial charge on any atom is -0.443 e. The third-order valence-electron chi connectivity index (χ3n) is 3.58. The summed E-state index contributed by atoms with van der Waals surface area (Å²) in [6.45, 7) is 3.58. The summed E-state index contributed by atoms with van der Waals surface area (Å²) in [5.41, 5.74) is 0.850. The van der Waals surface area contributed by atoms with Crippen molar-refractivity contribution in [2.75, 3.05) is 13.6 Å². The minimum absolute atomic E-state index is 0. The van der Waals surface area contributed by atoms with E-state index in [1.165, 1.54) is 4.90 Å². The number of hydrogen-bond acceptors (Lipinski definition) is 5. The zero-order chi connectivity index (χ0) is 18.2. The number of guanidine groups is 1. The number of rotatable bonds is 7. The largest absolute Gasteiger partial charge is 0.443 e. The molecule has 0 radical (unpaired) electrons. The molecule has 0 aliphatic carbocycles. The Labute approximate surface area is 185 Å². The van der Waals surface area contributed by atoms with E-state index in [9.17, 15) is 0 Å². The first-order valence-electron chi connectivity index (χ1n) is 8.39. The Morgan fingerprint density at radius 3 is 2.74 bits per heavy atom. The topological polar surface area (TPSA) is 62.5 Å². The molecule has 0 saturated carbocycles. The number of thiophene rings is 1. The highest BCUT2D eigenvalue weighted by atomic mass is 127. The predicted molar refractivity (Wildman–Crippen MR) is 125 cm³/mol. The summed E-state index contributed by atoms with van der Waals surface area (Å²) in [6, 6.07) is 14.4. The Balaban J connectivity index is 0.00000261. The molecule has 0 fully saturated rings. The lowest BCUT2D eigenvalue weighted by atomic mass is 10.4. The molecule has 144 valence electrons. The molecule has 0 spiro atoms. The van der Waals surface area contributed by atoms with Crippen LogP contribution in [0.3, 0.4) is 0 Å². The summed E-state index contributed by atoms with van der Waals surface area (Å²) < 4.78 is 5.54. The Bertz CT molecular complexity index is 821.